The van der Waals surface area contributed by atoms with Crippen molar-refractivity contribution >= 4 is 29.9 Å². The van der Waals surface area contributed by atoms with Gasteiger partial charge in [0.25, 0.3) is 0 Å². The van der Waals surface area contributed by atoms with E-state index in [0.29, 0.717) is 18.7 Å². The Kier molecular flexibility index (Phi) is 11.2. The van der Waals surface area contributed by atoms with Crippen LogP contribution in [0.4, 0.5) is 0 Å². The molecule has 1 aromatic carbocycles. The largest absolute Gasteiger partial charge is 0.493 e. The molecule has 1 aliphatic carbocycles. The summed E-state index contributed by atoms with van der Waals surface area (Å²) in [6.07, 6.45) is 5.03. The van der Waals surface area contributed by atoms with Crippen molar-refractivity contribution in [1.29, 1.82) is 0 Å². The van der Waals surface area contributed by atoms with Gasteiger partial charge in [-0.05, 0) is 45.7 Å². The number of hydrogen-bond donors (Lipinski definition) is 2. The molecular formula is C23H40IN5O2. The van der Waals surface area contributed by atoms with Crippen molar-refractivity contribution in [3.05, 3.63) is 23.8 Å². The molecule has 0 bridgehead atoms. The molecule has 1 heterocycles. The molecule has 1 aromatic rings. The first-order valence-corrected chi connectivity index (χ1v) is 11.3. The first-order chi connectivity index (χ1) is 14.6. The maximum Gasteiger partial charge on any atom is 0.191 e. The van der Waals surface area contributed by atoms with E-state index in [0.717, 1.165) is 68.6 Å². The summed E-state index contributed by atoms with van der Waals surface area (Å²) in [6, 6.07) is 6.55. The zero-order chi connectivity index (χ0) is 21.3. The molecule has 31 heavy (non-hydrogen) atoms. The zero-order valence-corrected chi connectivity index (χ0v) is 21.9. The van der Waals surface area contributed by atoms with E-state index >= 15 is 0 Å². The molecule has 3 rings (SSSR count). The topological polar surface area (TPSA) is 61.4 Å². The molecule has 0 radical (unpaired) electrons. The lowest BCUT2D eigenvalue weighted by atomic mass is 10.1. The van der Waals surface area contributed by atoms with Crippen LogP contribution in [0.3, 0.4) is 0 Å². The highest BCUT2D eigenvalue weighted by atomic mass is 127. The average Bonchev–Trinajstić information content (AvgIpc) is 3.28. The van der Waals surface area contributed by atoms with Gasteiger partial charge in [0.15, 0.2) is 17.5 Å². The van der Waals surface area contributed by atoms with Gasteiger partial charge in [-0.1, -0.05) is 12.1 Å². The van der Waals surface area contributed by atoms with Gasteiger partial charge < -0.3 is 25.0 Å². The van der Waals surface area contributed by atoms with Crippen LogP contribution in [0, 0.1) is 0 Å². The monoisotopic (exact) mass is 545 g/mol. The number of para-hydroxylation sites is 1. The van der Waals surface area contributed by atoms with Gasteiger partial charge in [0.05, 0.1) is 13.2 Å². The summed E-state index contributed by atoms with van der Waals surface area (Å²) < 4.78 is 11.9. The van der Waals surface area contributed by atoms with Gasteiger partial charge >= 0.3 is 0 Å². The number of methoxy groups -OCH3 is 1. The summed E-state index contributed by atoms with van der Waals surface area (Å²) in [5.74, 6) is 2.47. The van der Waals surface area contributed by atoms with Gasteiger partial charge in [-0.25, -0.2) is 0 Å². The second-order valence-corrected chi connectivity index (χ2v) is 8.47. The van der Waals surface area contributed by atoms with E-state index in [1.807, 2.05) is 19.2 Å². The lowest BCUT2D eigenvalue weighted by molar-refractivity contribution is 0.120. The van der Waals surface area contributed by atoms with Gasteiger partial charge in [-0.15, -0.1) is 24.0 Å². The van der Waals surface area contributed by atoms with E-state index < -0.39 is 0 Å². The van der Waals surface area contributed by atoms with E-state index in [2.05, 4.69) is 45.5 Å². The summed E-state index contributed by atoms with van der Waals surface area (Å²) in [5, 5.41) is 6.92. The second kappa shape index (κ2) is 13.3. The highest BCUT2D eigenvalue weighted by molar-refractivity contribution is 14.0. The lowest BCUT2D eigenvalue weighted by Gasteiger charge is -2.36. The molecule has 2 N–H and O–H groups in total. The second-order valence-electron chi connectivity index (χ2n) is 8.47. The van der Waals surface area contributed by atoms with Crippen LogP contribution in [-0.4, -0.2) is 81.8 Å². The number of likely N-dealkylation sites (N-methyl/N-ethyl adjacent to an activating group) is 1. The Hall–Kier alpha value is -1.26. The summed E-state index contributed by atoms with van der Waals surface area (Å²) >= 11 is 0. The molecule has 0 aromatic heterocycles. The number of nitrogens with zero attached hydrogens (tertiary/aromatic N) is 3. The molecule has 1 saturated heterocycles. The molecule has 2 fully saturated rings. The Morgan fingerprint density at radius 1 is 1.16 bits per heavy atom. The van der Waals surface area contributed by atoms with Crippen molar-refractivity contribution < 1.29 is 9.47 Å². The molecule has 0 spiro atoms. The van der Waals surface area contributed by atoms with Crippen LogP contribution in [0.1, 0.15) is 38.2 Å². The first-order valence-electron chi connectivity index (χ1n) is 11.3. The highest BCUT2D eigenvalue weighted by Crippen LogP contribution is 2.34. The fourth-order valence-corrected chi connectivity index (χ4v) is 4.20. The number of guanidine groups is 1. The first kappa shape index (κ1) is 26.0. The van der Waals surface area contributed by atoms with Gasteiger partial charge in [-0.2, -0.15) is 0 Å². The minimum Gasteiger partial charge on any atom is -0.493 e. The molecule has 1 aliphatic heterocycles. The molecule has 176 valence electrons. The van der Waals surface area contributed by atoms with Crippen molar-refractivity contribution in [2.24, 2.45) is 4.99 Å². The predicted molar refractivity (Wildman–Crippen MR) is 138 cm³/mol. The van der Waals surface area contributed by atoms with Gasteiger partial charge in [0.1, 0.15) is 0 Å². The van der Waals surface area contributed by atoms with Crippen LogP contribution in [0.2, 0.25) is 0 Å². The third-order valence-electron chi connectivity index (χ3n) is 6.26. The quantitative estimate of drug-likeness (QED) is 0.298. The predicted octanol–water partition coefficient (Wildman–Crippen LogP) is 2.94. The summed E-state index contributed by atoms with van der Waals surface area (Å²) in [7, 11) is 5.71. The number of hydrogen-bond acceptors (Lipinski definition) is 5. The Morgan fingerprint density at radius 2 is 1.87 bits per heavy atom. The normalized spacial score (nSPS) is 19.5. The van der Waals surface area contributed by atoms with E-state index in [4.69, 9.17) is 9.47 Å². The van der Waals surface area contributed by atoms with E-state index in [-0.39, 0.29) is 24.0 Å². The van der Waals surface area contributed by atoms with Gasteiger partial charge in [0, 0.05) is 57.9 Å². The highest BCUT2D eigenvalue weighted by Gasteiger charge is 2.21. The number of benzene rings is 1. The summed E-state index contributed by atoms with van der Waals surface area (Å²) in [5.41, 5.74) is 1.09. The number of piperazine rings is 1. The van der Waals surface area contributed by atoms with Crippen LogP contribution in [-0.2, 0) is 6.54 Å². The Morgan fingerprint density at radius 3 is 2.52 bits per heavy atom. The molecule has 1 unspecified atom stereocenters. The van der Waals surface area contributed by atoms with Crippen molar-refractivity contribution in [3.8, 4) is 11.5 Å². The van der Waals surface area contributed by atoms with E-state index in [9.17, 15) is 0 Å². The van der Waals surface area contributed by atoms with Crippen LogP contribution >= 0.6 is 24.0 Å². The van der Waals surface area contributed by atoms with Gasteiger partial charge in [0.2, 0.25) is 0 Å². The maximum absolute atomic E-state index is 6.34. The van der Waals surface area contributed by atoms with Gasteiger partial charge in [-0.3, -0.25) is 9.89 Å². The van der Waals surface area contributed by atoms with E-state index in [1.165, 1.54) is 12.8 Å². The van der Waals surface area contributed by atoms with Crippen molar-refractivity contribution in [1.82, 2.24) is 20.4 Å². The third kappa shape index (κ3) is 7.68. The number of halogens is 1. The molecule has 2 aliphatic rings. The molecular weight excluding hydrogens is 505 g/mol. The maximum atomic E-state index is 6.34. The van der Waals surface area contributed by atoms with Crippen molar-refractivity contribution in [2.45, 2.75) is 51.3 Å². The van der Waals surface area contributed by atoms with Crippen molar-refractivity contribution in [2.75, 3.05) is 53.9 Å². The Labute approximate surface area is 205 Å². The van der Waals surface area contributed by atoms with Crippen LogP contribution in [0.5, 0.6) is 11.5 Å². The average molecular weight is 546 g/mol. The molecule has 7 nitrogen and oxygen atoms in total. The number of nitrogens with one attached hydrogen (secondary N) is 2. The number of aliphatic imine (C=N–C) groups is 1. The molecule has 8 heteroatoms. The van der Waals surface area contributed by atoms with Crippen molar-refractivity contribution in [3.63, 3.8) is 0 Å². The minimum absolute atomic E-state index is 0. The fraction of sp³-hybridized carbons (Fsp3) is 0.696. The third-order valence-corrected chi connectivity index (χ3v) is 6.26. The van der Waals surface area contributed by atoms with Crippen LogP contribution < -0.4 is 20.1 Å². The standard InChI is InChI=1S/C23H39N5O2.HI/c1-18(28-14-12-27(3)13-15-28)16-25-23(24-2)26-17-19-8-7-11-21(29-4)22(19)30-20-9-5-6-10-20;/h7-8,11,18,20H,5-6,9-10,12-17H2,1-4H3,(H2,24,25,26);1H. The smallest absolute Gasteiger partial charge is 0.191 e. The molecule has 0 amide bonds. The summed E-state index contributed by atoms with van der Waals surface area (Å²) in [4.78, 5) is 9.33. The molecule has 1 saturated carbocycles. The fourth-order valence-electron chi connectivity index (χ4n) is 4.20. The Balaban J connectivity index is 0.00000341. The number of rotatable bonds is 8. The van der Waals surface area contributed by atoms with E-state index in [1.54, 1.807) is 7.11 Å². The summed E-state index contributed by atoms with van der Waals surface area (Å²) in [6.45, 7) is 8.30. The molecule has 1 atom stereocenters. The van der Waals surface area contributed by atoms with Crippen LogP contribution in [0.25, 0.3) is 0 Å². The minimum atomic E-state index is 0. The Bertz CT molecular complexity index is 689. The zero-order valence-electron chi connectivity index (χ0n) is 19.5. The van der Waals surface area contributed by atoms with Crippen LogP contribution in [0.15, 0.2) is 23.2 Å². The number of ether oxygens (including phenoxy) is 2. The SMILES string of the molecule is CN=C(NCc1cccc(OC)c1OC1CCCC1)NCC(C)N1CCN(C)CC1.I. The lowest BCUT2D eigenvalue weighted by Crippen LogP contribution is -2.52.